The molecule has 16 heavy (non-hydrogen) atoms. The van der Waals surface area contributed by atoms with E-state index in [1.54, 1.807) is 0 Å². The maximum absolute atomic E-state index is 4.41. The Hall–Kier alpha value is -1.77. The summed E-state index contributed by atoms with van der Waals surface area (Å²) in [5.41, 5.74) is 3.45. The van der Waals surface area contributed by atoms with Crippen LogP contribution in [0.1, 0.15) is 0 Å². The predicted molar refractivity (Wildman–Crippen MR) is 70.4 cm³/mol. The Labute approximate surface area is 96.3 Å². The maximum Gasteiger partial charge on any atom is 0.0743 e. The number of hydrogen-bond acceptors (Lipinski definition) is 3. The molecule has 0 aliphatic carbocycles. The zero-order chi connectivity index (χ0) is 11.7. The lowest BCUT2D eigenvalue weighted by atomic mass is 10.1. The third kappa shape index (κ3) is 1.69. The van der Waals surface area contributed by atoms with Crippen LogP contribution >= 0.6 is 0 Å². The highest BCUT2D eigenvalue weighted by Crippen LogP contribution is 2.31. The van der Waals surface area contributed by atoms with Gasteiger partial charge in [0, 0.05) is 51.1 Å². The Morgan fingerprint density at radius 3 is 2.12 bits per heavy atom. The first-order valence-electron chi connectivity index (χ1n) is 5.33. The minimum Gasteiger partial charge on any atom is -0.377 e. The lowest BCUT2D eigenvalue weighted by Crippen LogP contribution is -2.13. The van der Waals surface area contributed by atoms with Crippen LogP contribution in [0.5, 0.6) is 0 Å². The molecule has 0 spiro atoms. The molecule has 1 aromatic heterocycles. The van der Waals surface area contributed by atoms with Crippen molar-refractivity contribution in [2.75, 3.05) is 38.0 Å². The summed E-state index contributed by atoms with van der Waals surface area (Å²) in [6.07, 6.45) is 1.86. The van der Waals surface area contributed by atoms with Gasteiger partial charge in [-0.25, -0.2) is 0 Å². The van der Waals surface area contributed by atoms with Crippen molar-refractivity contribution < 1.29 is 0 Å². The SMILES string of the molecule is CN(C)c1cccc2nccc(N(C)C)c12. The first kappa shape index (κ1) is 10.7. The summed E-state index contributed by atoms with van der Waals surface area (Å²) in [7, 11) is 8.23. The molecule has 3 heteroatoms. The molecule has 0 unspecified atom stereocenters. The monoisotopic (exact) mass is 215 g/mol. The van der Waals surface area contributed by atoms with E-state index in [1.165, 1.54) is 16.8 Å². The van der Waals surface area contributed by atoms with E-state index in [2.05, 4.69) is 61.2 Å². The zero-order valence-corrected chi connectivity index (χ0v) is 10.2. The second-order valence-corrected chi connectivity index (χ2v) is 4.29. The minimum absolute atomic E-state index is 1.04. The molecule has 1 heterocycles. The summed E-state index contributed by atoms with van der Waals surface area (Å²) in [6, 6.07) is 8.27. The normalized spacial score (nSPS) is 10.5. The molecular weight excluding hydrogens is 198 g/mol. The van der Waals surface area contributed by atoms with Crippen LogP contribution in [0.15, 0.2) is 30.5 Å². The number of aromatic nitrogens is 1. The molecule has 0 amide bonds. The average molecular weight is 215 g/mol. The number of hydrogen-bond donors (Lipinski definition) is 0. The van der Waals surface area contributed by atoms with Crippen LogP contribution in [0.25, 0.3) is 10.9 Å². The van der Waals surface area contributed by atoms with Crippen LogP contribution in [0.3, 0.4) is 0 Å². The Bertz CT molecular complexity index is 461. The minimum atomic E-state index is 1.04. The van der Waals surface area contributed by atoms with Crippen LogP contribution in [-0.2, 0) is 0 Å². The Morgan fingerprint density at radius 1 is 0.875 bits per heavy atom. The van der Waals surface area contributed by atoms with E-state index in [-0.39, 0.29) is 0 Å². The van der Waals surface area contributed by atoms with Gasteiger partial charge >= 0.3 is 0 Å². The molecule has 0 atom stereocenters. The van der Waals surface area contributed by atoms with E-state index in [1.807, 2.05) is 12.3 Å². The fourth-order valence-electron chi connectivity index (χ4n) is 1.92. The number of benzene rings is 1. The molecule has 0 N–H and O–H groups in total. The van der Waals surface area contributed by atoms with Gasteiger partial charge in [0.1, 0.15) is 0 Å². The molecule has 2 aromatic rings. The summed E-state index contributed by atoms with van der Waals surface area (Å²) in [4.78, 5) is 8.66. The fraction of sp³-hybridized carbons (Fsp3) is 0.308. The molecule has 0 fully saturated rings. The smallest absolute Gasteiger partial charge is 0.0743 e. The Morgan fingerprint density at radius 2 is 1.50 bits per heavy atom. The number of pyridine rings is 1. The van der Waals surface area contributed by atoms with Crippen molar-refractivity contribution in [3.63, 3.8) is 0 Å². The van der Waals surface area contributed by atoms with Crippen molar-refractivity contribution in [3.05, 3.63) is 30.5 Å². The first-order chi connectivity index (χ1) is 7.61. The number of fused-ring (bicyclic) bond motifs is 1. The van der Waals surface area contributed by atoms with E-state index in [0.717, 1.165) is 5.52 Å². The van der Waals surface area contributed by atoms with Crippen LogP contribution in [0.4, 0.5) is 11.4 Å². The van der Waals surface area contributed by atoms with Gasteiger partial charge in [0.05, 0.1) is 5.52 Å². The van der Waals surface area contributed by atoms with Gasteiger partial charge in [-0.3, -0.25) is 4.98 Å². The first-order valence-corrected chi connectivity index (χ1v) is 5.33. The highest BCUT2D eigenvalue weighted by molar-refractivity contribution is 6.01. The summed E-state index contributed by atoms with van der Waals surface area (Å²) in [5.74, 6) is 0. The lowest BCUT2D eigenvalue weighted by Gasteiger charge is -2.20. The molecule has 2 rings (SSSR count). The standard InChI is InChI=1S/C13H17N3/c1-15(2)11-7-5-6-10-13(11)12(16(3)4)8-9-14-10/h5-9H,1-4H3. The van der Waals surface area contributed by atoms with Gasteiger partial charge in [0.15, 0.2) is 0 Å². The van der Waals surface area contributed by atoms with E-state index in [0.29, 0.717) is 0 Å². The van der Waals surface area contributed by atoms with Gasteiger partial charge < -0.3 is 9.80 Å². The molecule has 84 valence electrons. The van der Waals surface area contributed by atoms with Crippen molar-refractivity contribution >= 4 is 22.3 Å². The molecule has 0 saturated heterocycles. The van der Waals surface area contributed by atoms with Crippen molar-refractivity contribution in [2.24, 2.45) is 0 Å². The van der Waals surface area contributed by atoms with Gasteiger partial charge in [-0.2, -0.15) is 0 Å². The van der Waals surface area contributed by atoms with Gasteiger partial charge in [-0.1, -0.05) is 6.07 Å². The van der Waals surface area contributed by atoms with Crippen molar-refractivity contribution in [2.45, 2.75) is 0 Å². The quantitative estimate of drug-likeness (QED) is 0.766. The molecule has 3 nitrogen and oxygen atoms in total. The van der Waals surface area contributed by atoms with Crippen molar-refractivity contribution in [3.8, 4) is 0 Å². The van der Waals surface area contributed by atoms with Crippen LogP contribution in [-0.4, -0.2) is 33.2 Å². The predicted octanol–water partition coefficient (Wildman–Crippen LogP) is 2.37. The molecule has 1 aromatic carbocycles. The molecule has 0 aliphatic heterocycles. The highest BCUT2D eigenvalue weighted by Gasteiger charge is 2.09. The topological polar surface area (TPSA) is 19.4 Å². The molecular formula is C13H17N3. The zero-order valence-electron chi connectivity index (χ0n) is 10.2. The maximum atomic E-state index is 4.41. The van der Waals surface area contributed by atoms with Crippen LogP contribution in [0, 0.1) is 0 Å². The van der Waals surface area contributed by atoms with E-state index in [9.17, 15) is 0 Å². The lowest BCUT2D eigenvalue weighted by molar-refractivity contribution is 1.12. The van der Waals surface area contributed by atoms with Crippen LogP contribution < -0.4 is 9.80 Å². The number of nitrogens with zero attached hydrogens (tertiary/aromatic N) is 3. The number of anilines is 2. The second-order valence-electron chi connectivity index (χ2n) is 4.29. The van der Waals surface area contributed by atoms with E-state index in [4.69, 9.17) is 0 Å². The Balaban J connectivity index is 2.82. The average Bonchev–Trinajstić information content (AvgIpc) is 2.27. The van der Waals surface area contributed by atoms with E-state index < -0.39 is 0 Å². The third-order valence-corrected chi connectivity index (χ3v) is 2.69. The van der Waals surface area contributed by atoms with Crippen molar-refractivity contribution in [1.29, 1.82) is 0 Å². The van der Waals surface area contributed by atoms with Gasteiger partial charge in [-0.15, -0.1) is 0 Å². The molecule has 0 saturated carbocycles. The summed E-state index contributed by atoms with van der Waals surface area (Å²) in [5, 5.41) is 1.21. The summed E-state index contributed by atoms with van der Waals surface area (Å²) >= 11 is 0. The third-order valence-electron chi connectivity index (χ3n) is 2.69. The number of rotatable bonds is 2. The van der Waals surface area contributed by atoms with Crippen molar-refractivity contribution in [1.82, 2.24) is 4.98 Å². The summed E-state index contributed by atoms with van der Waals surface area (Å²) < 4.78 is 0. The second kappa shape index (κ2) is 4.00. The van der Waals surface area contributed by atoms with Gasteiger partial charge in [0.25, 0.3) is 0 Å². The molecule has 0 radical (unpaired) electrons. The van der Waals surface area contributed by atoms with Crippen LogP contribution in [0.2, 0.25) is 0 Å². The largest absolute Gasteiger partial charge is 0.377 e. The fourth-order valence-corrected chi connectivity index (χ4v) is 1.92. The van der Waals surface area contributed by atoms with Gasteiger partial charge in [-0.05, 0) is 18.2 Å². The molecule has 0 aliphatic rings. The Kier molecular flexibility index (Phi) is 2.69. The van der Waals surface area contributed by atoms with Gasteiger partial charge in [0.2, 0.25) is 0 Å². The highest BCUT2D eigenvalue weighted by atomic mass is 15.1. The van der Waals surface area contributed by atoms with E-state index >= 15 is 0 Å². The molecule has 0 bridgehead atoms. The summed E-state index contributed by atoms with van der Waals surface area (Å²) in [6.45, 7) is 0.